The molecule has 6 aromatic rings. The van der Waals surface area contributed by atoms with E-state index in [0.29, 0.717) is 27.4 Å². The zero-order chi connectivity index (χ0) is 50.0. The Morgan fingerprint density at radius 1 is 0.899 bits per heavy atom. The van der Waals surface area contributed by atoms with Gasteiger partial charge in [-0.25, -0.2) is 38.1 Å². The number of hydrogen-bond donors (Lipinski definition) is 2. The second-order valence-corrected chi connectivity index (χ2v) is 16.4. The summed E-state index contributed by atoms with van der Waals surface area (Å²) < 4.78 is 54.2. The van der Waals surface area contributed by atoms with Crippen molar-refractivity contribution in [2.24, 2.45) is 0 Å². The minimum Gasteiger partial charge on any atom is -0.459 e. The maximum absolute atomic E-state index is 15.5. The van der Waals surface area contributed by atoms with E-state index in [1.54, 1.807) is 67.8 Å². The first-order chi connectivity index (χ1) is 32.9. The molecule has 20 nitrogen and oxygen atoms in total. The van der Waals surface area contributed by atoms with Crippen molar-refractivity contribution in [3.8, 4) is 17.3 Å². The van der Waals surface area contributed by atoms with Crippen molar-refractivity contribution in [3.05, 3.63) is 136 Å². The van der Waals surface area contributed by atoms with E-state index in [0.717, 1.165) is 38.5 Å². The number of anilines is 2. The van der Waals surface area contributed by atoms with Gasteiger partial charge in [0.15, 0.2) is 0 Å². The number of rotatable bonds is 17. The predicted molar refractivity (Wildman–Crippen MR) is 241 cm³/mol. The number of aromatic nitrogens is 6. The smallest absolute Gasteiger partial charge is 0.418 e. The van der Waals surface area contributed by atoms with E-state index in [1.807, 2.05) is 0 Å². The number of carbonyl (C=O) groups excluding carboxylic acids is 4. The first kappa shape index (κ1) is 50.5. The Morgan fingerprint density at radius 2 is 1.54 bits per heavy atom. The van der Waals surface area contributed by atoms with Crippen LogP contribution in [0.3, 0.4) is 0 Å². The summed E-state index contributed by atoms with van der Waals surface area (Å²) in [5, 5.41) is 37.6. The minimum atomic E-state index is -2.10. The lowest BCUT2D eigenvalue weighted by Crippen LogP contribution is -2.42. The van der Waals surface area contributed by atoms with Crippen molar-refractivity contribution < 1.29 is 61.7 Å². The Kier molecular flexibility index (Phi) is 16.3. The molecule has 2 unspecified atom stereocenters. The number of esters is 1. The SMILES string of the molecule is CC(OC(=O)N(C)CC(=O)OCc1cccnc1N(C)C(=O)OC(C)[n+]1cnn(C[C@](O)(c2cc(F)ccc2F)[C@@H](C)c2nc(-c3ccc(C#N)cc3)cs2)c1)OC(=O)N(C)c1ncccc1CO. The number of nitriles is 1. The largest absolute Gasteiger partial charge is 0.459 e. The highest BCUT2D eigenvalue weighted by molar-refractivity contribution is 7.10. The quantitative estimate of drug-likeness (QED) is 0.0465. The Balaban J connectivity index is 1.05. The van der Waals surface area contributed by atoms with Gasteiger partial charge in [0.05, 0.1) is 28.9 Å². The van der Waals surface area contributed by atoms with Gasteiger partial charge in [0.1, 0.15) is 48.6 Å². The van der Waals surface area contributed by atoms with E-state index in [1.165, 1.54) is 73.7 Å². The van der Waals surface area contributed by atoms with E-state index < -0.39 is 66.5 Å². The summed E-state index contributed by atoms with van der Waals surface area (Å²) >= 11 is 1.22. The number of nitrogens with zero attached hydrogens (tertiary/aromatic N) is 10. The summed E-state index contributed by atoms with van der Waals surface area (Å²) in [5.74, 6) is -3.16. The van der Waals surface area contributed by atoms with Gasteiger partial charge in [0.2, 0.25) is 18.8 Å². The molecule has 0 aliphatic carbocycles. The molecule has 4 atom stereocenters. The second-order valence-electron chi connectivity index (χ2n) is 15.5. The summed E-state index contributed by atoms with van der Waals surface area (Å²) in [7, 11) is 4.01. The van der Waals surface area contributed by atoms with Crippen LogP contribution in [-0.4, -0.2) is 98.1 Å². The highest BCUT2D eigenvalue weighted by Gasteiger charge is 2.44. The van der Waals surface area contributed by atoms with Gasteiger partial charge in [-0.1, -0.05) is 31.2 Å². The van der Waals surface area contributed by atoms with E-state index >= 15 is 4.39 Å². The Bertz CT molecular complexity index is 2840. The number of aliphatic hydroxyl groups is 2. The number of thiazole rings is 1. The lowest BCUT2D eigenvalue weighted by molar-refractivity contribution is -0.753. The van der Waals surface area contributed by atoms with Crippen LogP contribution in [0.5, 0.6) is 0 Å². The molecule has 4 heterocycles. The van der Waals surface area contributed by atoms with E-state index in [9.17, 15) is 39.0 Å². The highest BCUT2D eigenvalue weighted by atomic mass is 32.1. The van der Waals surface area contributed by atoms with Crippen LogP contribution in [0.4, 0.5) is 34.8 Å². The molecule has 4 aromatic heterocycles. The van der Waals surface area contributed by atoms with Crippen LogP contribution in [0.15, 0.2) is 97.2 Å². The summed E-state index contributed by atoms with van der Waals surface area (Å²) in [4.78, 5) is 67.7. The lowest BCUT2D eigenvalue weighted by atomic mass is 9.82. The zero-order valence-corrected chi connectivity index (χ0v) is 38.9. The first-order valence-corrected chi connectivity index (χ1v) is 21.8. The average molecular weight is 970 g/mol. The van der Waals surface area contributed by atoms with E-state index in [4.69, 9.17) is 23.9 Å². The van der Waals surface area contributed by atoms with Crippen LogP contribution in [0.25, 0.3) is 11.3 Å². The second kappa shape index (κ2) is 22.2. The van der Waals surface area contributed by atoms with E-state index in [2.05, 4.69) is 21.1 Å². The fourth-order valence-electron chi connectivity index (χ4n) is 6.78. The van der Waals surface area contributed by atoms with Crippen LogP contribution in [0.2, 0.25) is 0 Å². The molecule has 3 amide bonds. The van der Waals surface area contributed by atoms with Gasteiger partial charge in [0, 0.05) is 86.0 Å². The monoisotopic (exact) mass is 969 g/mol. The lowest BCUT2D eigenvalue weighted by Gasteiger charge is -2.32. The molecular weight excluding hydrogens is 923 g/mol. The van der Waals surface area contributed by atoms with Crippen LogP contribution < -0.4 is 14.4 Å². The molecule has 23 heteroatoms. The number of aliphatic hydroxyl groups excluding tert-OH is 1. The molecule has 0 saturated carbocycles. The fraction of sp³-hybridized carbons (Fsp3) is 0.304. The molecule has 360 valence electrons. The minimum absolute atomic E-state index is 0.0779. The molecule has 0 aliphatic heterocycles. The van der Waals surface area contributed by atoms with Crippen molar-refractivity contribution in [1.29, 1.82) is 5.26 Å². The first-order valence-electron chi connectivity index (χ1n) is 20.9. The van der Waals surface area contributed by atoms with Crippen LogP contribution >= 0.6 is 11.3 Å². The third-order valence-corrected chi connectivity index (χ3v) is 11.7. The number of pyridine rings is 2. The van der Waals surface area contributed by atoms with Gasteiger partial charge in [-0.05, 0) is 42.5 Å². The van der Waals surface area contributed by atoms with Crippen molar-refractivity contribution in [2.75, 3.05) is 37.5 Å². The summed E-state index contributed by atoms with van der Waals surface area (Å²) in [6, 6.07) is 17.9. The molecule has 0 saturated heterocycles. The van der Waals surface area contributed by atoms with Gasteiger partial charge < -0.3 is 34.1 Å². The van der Waals surface area contributed by atoms with Gasteiger partial charge in [0.25, 0.3) is 6.33 Å². The van der Waals surface area contributed by atoms with Crippen molar-refractivity contribution >= 4 is 47.2 Å². The van der Waals surface area contributed by atoms with Crippen molar-refractivity contribution in [2.45, 2.75) is 64.6 Å². The Morgan fingerprint density at radius 3 is 2.20 bits per heavy atom. The van der Waals surface area contributed by atoms with Crippen molar-refractivity contribution in [3.63, 3.8) is 0 Å². The van der Waals surface area contributed by atoms with Crippen molar-refractivity contribution in [1.82, 2.24) is 29.6 Å². The van der Waals surface area contributed by atoms with E-state index in [-0.39, 0.29) is 37.0 Å². The number of ether oxygens (including phenoxy) is 4. The topological polar surface area (TPSA) is 240 Å². The van der Waals surface area contributed by atoms with Crippen LogP contribution in [0, 0.1) is 23.0 Å². The van der Waals surface area contributed by atoms with Gasteiger partial charge in [-0.15, -0.1) is 16.0 Å². The molecule has 2 aromatic carbocycles. The highest BCUT2D eigenvalue weighted by Crippen LogP contribution is 2.41. The Labute approximate surface area is 398 Å². The molecule has 0 aliphatic rings. The molecule has 0 bridgehead atoms. The van der Waals surface area contributed by atoms with Gasteiger partial charge in [-0.2, -0.15) is 9.83 Å². The summed E-state index contributed by atoms with van der Waals surface area (Å²) in [6.07, 6.45) is 0.377. The van der Waals surface area contributed by atoms with Crippen LogP contribution in [-0.2, 0) is 49.1 Å². The third kappa shape index (κ3) is 12.2. The standard InChI is InChI=1S/C46H47F2N10O10S/c1-28(42-53-38(24-69-42)32-13-11-31(20-49)12-14-32)46(64,36-19-35(47)15-16-37(36)48)25-58-27-57(26-52-58)29(2)66-44(62)56(6)41-34(10-8-18-51-41)23-65-39(60)21-54(4)43(61)67-30(3)68-45(63)55(5)40-33(22-59)9-7-17-50-40/h7-19,24,26-30,59,64H,21-23,25H2,1-6H3/q+1/t28-,29?,30?,46+/m0/s1. The number of likely N-dealkylation sites (N-methyl/N-ethyl adjacent to an activating group) is 1. The average Bonchev–Trinajstić information content (AvgIpc) is 4.04. The molecule has 0 fully saturated rings. The van der Waals surface area contributed by atoms with Gasteiger partial charge in [-0.3, -0.25) is 14.6 Å². The number of amides is 3. The normalized spacial score (nSPS) is 13.2. The predicted octanol–water partition coefficient (Wildman–Crippen LogP) is 5.94. The molecule has 6 rings (SSSR count). The maximum Gasteiger partial charge on any atom is 0.418 e. The zero-order valence-electron chi connectivity index (χ0n) is 38.1. The molecule has 0 radical (unpaired) electrons. The number of halogens is 2. The Hall–Kier alpha value is -7.94. The van der Waals surface area contributed by atoms with Gasteiger partial charge >= 0.3 is 24.2 Å². The number of hydrogen-bond acceptors (Lipinski definition) is 16. The summed E-state index contributed by atoms with van der Waals surface area (Å²) in [5.41, 5.74) is -0.0117. The molecule has 69 heavy (non-hydrogen) atoms. The summed E-state index contributed by atoms with van der Waals surface area (Å²) in [6.45, 7) is 2.78. The number of benzene rings is 2. The molecular formula is C46H47F2N10O10S+. The van der Waals surface area contributed by atoms with Crippen LogP contribution in [0.1, 0.15) is 60.2 Å². The fourth-order valence-corrected chi connectivity index (χ4v) is 7.75. The third-order valence-electron chi connectivity index (χ3n) is 10.7. The molecule has 2 N–H and O–H groups in total. The maximum atomic E-state index is 15.5. The molecule has 0 spiro atoms. The number of carbonyl (C=O) groups is 4.